The molecule has 2 aliphatic rings. The Morgan fingerprint density at radius 3 is 1.83 bits per heavy atom. The van der Waals surface area contributed by atoms with E-state index >= 15 is 0 Å². The molecular formula is C21H26OSi. The molecule has 2 heteroatoms. The highest BCUT2D eigenvalue weighted by molar-refractivity contribution is 5.97. The maximum atomic E-state index is 4.39. The molecule has 0 aliphatic heterocycles. The average Bonchev–Trinajstić information content (AvgIpc) is 3.21. The normalized spacial score (nSPS) is 19.1. The summed E-state index contributed by atoms with van der Waals surface area (Å²) in [4.78, 5) is 0. The highest BCUT2D eigenvalue weighted by Crippen LogP contribution is 2.50. The minimum Gasteiger partial charge on any atom is -0.431 e. The Bertz CT molecular complexity index is 609. The second kappa shape index (κ2) is 7.76. The van der Waals surface area contributed by atoms with E-state index in [1.807, 2.05) is 0 Å². The minimum atomic E-state index is 0.484. The van der Waals surface area contributed by atoms with Gasteiger partial charge >= 0.3 is 0 Å². The van der Waals surface area contributed by atoms with E-state index in [0.717, 1.165) is 16.4 Å². The van der Waals surface area contributed by atoms with E-state index in [-0.39, 0.29) is 0 Å². The number of fused-ring (bicyclic) bond motifs is 2. The van der Waals surface area contributed by atoms with Crippen molar-refractivity contribution >= 4 is 10.5 Å². The quantitative estimate of drug-likeness (QED) is 0.607. The van der Waals surface area contributed by atoms with E-state index in [1.165, 1.54) is 36.8 Å². The van der Waals surface area contributed by atoms with Crippen LogP contribution in [-0.2, 0) is 4.43 Å². The van der Waals surface area contributed by atoms with Crippen molar-refractivity contribution in [2.24, 2.45) is 5.92 Å². The Hall–Kier alpha value is -1.64. The van der Waals surface area contributed by atoms with Crippen LogP contribution in [0.2, 0.25) is 0 Å². The summed E-state index contributed by atoms with van der Waals surface area (Å²) in [5.41, 5.74) is 6.38. The van der Waals surface area contributed by atoms with Crippen LogP contribution in [0.25, 0.3) is 0 Å². The van der Waals surface area contributed by atoms with Crippen LogP contribution in [0.1, 0.15) is 42.7 Å². The van der Waals surface area contributed by atoms with Crippen LogP contribution in [-0.4, -0.2) is 17.6 Å². The first-order valence-electron chi connectivity index (χ1n) is 8.54. The zero-order chi connectivity index (χ0) is 16.1. The summed E-state index contributed by atoms with van der Waals surface area (Å²) in [7, 11) is 2.56. The number of hydrogen-bond acceptors (Lipinski definition) is 1. The van der Waals surface area contributed by atoms with E-state index in [2.05, 4.69) is 65.1 Å². The first-order valence-corrected chi connectivity index (χ1v) is 9.36. The lowest BCUT2D eigenvalue weighted by molar-refractivity contribution is 0.460. The molecule has 0 amide bonds. The van der Waals surface area contributed by atoms with Crippen LogP contribution in [0, 0.1) is 5.92 Å². The number of rotatable bonds is 3. The fourth-order valence-corrected chi connectivity index (χ4v) is 4.06. The summed E-state index contributed by atoms with van der Waals surface area (Å²) in [6.07, 6.45) is 5.46. The predicted octanol–water partition coefficient (Wildman–Crippen LogP) is 4.23. The molecule has 2 bridgehead atoms. The van der Waals surface area contributed by atoms with E-state index in [0.29, 0.717) is 5.92 Å². The zero-order valence-electron chi connectivity index (χ0n) is 14.2. The van der Waals surface area contributed by atoms with Gasteiger partial charge in [0.1, 0.15) is 10.5 Å². The number of hydrogen-bond donors (Lipinski definition) is 0. The largest absolute Gasteiger partial charge is 0.431 e. The van der Waals surface area contributed by atoms with Crippen molar-refractivity contribution in [2.75, 3.05) is 7.11 Å². The van der Waals surface area contributed by atoms with Gasteiger partial charge in [0.05, 0.1) is 0 Å². The molecule has 1 saturated carbocycles. The molecule has 1 atom stereocenters. The van der Waals surface area contributed by atoms with E-state index in [9.17, 15) is 0 Å². The standard InChI is InChI=1S/C20H20.CH6OSi/c1-3-7-16(8-4-1)20(17-9-5-2-6-10-17)19-14-15-11-12-18(19)13-15;1-2-3/h1-10,15,20H,11-14H2;1,3H3. The molecule has 1 nitrogen and oxygen atoms in total. The molecule has 2 aliphatic carbocycles. The van der Waals surface area contributed by atoms with Gasteiger partial charge in [-0.15, -0.1) is 0 Å². The first-order chi connectivity index (χ1) is 11.3. The molecule has 0 saturated heterocycles. The van der Waals surface area contributed by atoms with Crippen LogP contribution in [0.4, 0.5) is 0 Å². The summed E-state index contributed by atoms with van der Waals surface area (Å²) >= 11 is 0. The summed E-state index contributed by atoms with van der Waals surface area (Å²) in [5.74, 6) is 1.42. The molecule has 0 N–H and O–H groups in total. The predicted molar refractivity (Wildman–Crippen MR) is 101 cm³/mol. The summed E-state index contributed by atoms with van der Waals surface area (Å²) in [6, 6.07) is 22.1. The highest BCUT2D eigenvalue weighted by atomic mass is 28.2. The lowest BCUT2D eigenvalue weighted by atomic mass is 9.80. The van der Waals surface area contributed by atoms with Gasteiger partial charge in [-0.2, -0.15) is 0 Å². The molecule has 0 aromatic heterocycles. The van der Waals surface area contributed by atoms with Crippen LogP contribution < -0.4 is 0 Å². The molecule has 1 unspecified atom stereocenters. The summed E-state index contributed by atoms with van der Waals surface area (Å²) < 4.78 is 4.39. The second-order valence-corrected chi connectivity index (χ2v) is 7.42. The summed E-state index contributed by atoms with van der Waals surface area (Å²) in [5, 5.41) is 0. The molecule has 23 heavy (non-hydrogen) atoms. The van der Waals surface area contributed by atoms with Crippen molar-refractivity contribution in [3.63, 3.8) is 0 Å². The maximum absolute atomic E-state index is 4.39. The molecule has 120 valence electrons. The van der Waals surface area contributed by atoms with Gasteiger partial charge in [-0.05, 0) is 42.7 Å². The molecule has 4 rings (SSSR count). The van der Waals surface area contributed by atoms with Gasteiger partial charge in [0.15, 0.2) is 0 Å². The van der Waals surface area contributed by atoms with Gasteiger partial charge in [0.25, 0.3) is 0 Å². The molecule has 0 heterocycles. The van der Waals surface area contributed by atoms with Gasteiger partial charge in [-0.1, -0.05) is 71.8 Å². The highest BCUT2D eigenvalue weighted by Gasteiger charge is 2.34. The summed E-state index contributed by atoms with van der Waals surface area (Å²) in [6.45, 7) is 0. The SMILES string of the molecule is CO[SiH3].c1ccc(C(C2=C3CCC(C3)C2)c2ccccc2)cc1. The van der Waals surface area contributed by atoms with Crippen LogP contribution >= 0.6 is 0 Å². The van der Waals surface area contributed by atoms with Gasteiger partial charge in [0, 0.05) is 13.0 Å². The van der Waals surface area contributed by atoms with Crippen molar-refractivity contribution in [1.82, 2.24) is 0 Å². The molecule has 0 spiro atoms. The van der Waals surface area contributed by atoms with Gasteiger partial charge in [-0.3, -0.25) is 0 Å². The van der Waals surface area contributed by atoms with Crippen molar-refractivity contribution in [2.45, 2.75) is 31.6 Å². The van der Waals surface area contributed by atoms with Crippen molar-refractivity contribution in [1.29, 1.82) is 0 Å². The third-order valence-electron chi connectivity index (χ3n) is 4.97. The smallest absolute Gasteiger partial charge is 0.145 e. The Morgan fingerprint density at radius 2 is 1.43 bits per heavy atom. The Labute approximate surface area is 142 Å². The van der Waals surface area contributed by atoms with Crippen LogP contribution in [0.5, 0.6) is 0 Å². The molecule has 2 aromatic carbocycles. The van der Waals surface area contributed by atoms with Crippen molar-refractivity contribution in [3.8, 4) is 0 Å². The average molecular weight is 323 g/mol. The van der Waals surface area contributed by atoms with Crippen LogP contribution in [0.15, 0.2) is 71.8 Å². The fraction of sp³-hybridized carbons (Fsp3) is 0.333. The molecular weight excluding hydrogens is 296 g/mol. The zero-order valence-corrected chi connectivity index (χ0v) is 16.2. The monoisotopic (exact) mass is 322 g/mol. The van der Waals surface area contributed by atoms with Crippen molar-refractivity contribution in [3.05, 3.63) is 82.9 Å². The number of benzene rings is 2. The topological polar surface area (TPSA) is 9.23 Å². The lowest BCUT2D eigenvalue weighted by Crippen LogP contribution is -2.08. The maximum Gasteiger partial charge on any atom is 0.145 e. The van der Waals surface area contributed by atoms with Gasteiger partial charge < -0.3 is 4.43 Å². The van der Waals surface area contributed by atoms with Gasteiger partial charge in [0.2, 0.25) is 0 Å². The third kappa shape index (κ3) is 3.65. The van der Waals surface area contributed by atoms with E-state index < -0.39 is 0 Å². The van der Waals surface area contributed by atoms with Crippen molar-refractivity contribution < 1.29 is 4.43 Å². The van der Waals surface area contributed by atoms with E-state index in [1.54, 1.807) is 18.3 Å². The first kappa shape index (κ1) is 16.2. The van der Waals surface area contributed by atoms with E-state index in [4.69, 9.17) is 0 Å². The number of allylic oxidation sites excluding steroid dienone is 2. The molecule has 2 aromatic rings. The minimum absolute atomic E-state index is 0.484. The molecule has 1 fully saturated rings. The Kier molecular flexibility index (Phi) is 5.47. The van der Waals surface area contributed by atoms with Crippen LogP contribution in [0.3, 0.4) is 0 Å². The van der Waals surface area contributed by atoms with Gasteiger partial charge in [-0.25, -0.2) is 0 Å². The Balaban J connectivity index is 0.000000485. The Morgan fingerprint density at radius 1 is 0.913 bits per heavy atom. The second-order valence-electron chi connectivity index (χ2n) is 6.60. The molecule has 0 radical (unpaired) electrons. The fourth-order valence-electron chi connectivity index (χ4n) is 4.06. The lowest BCUT2D eigenvalue weighted by Gasteiger charge is -2.24. The third-order valence-corrected chi connectivity index (χ3v) is 4.97.